The number of nitro groups is 1. The van der Waals surface area contributed by atoms with Crippen molar-refractivity contribution in [1.29, 1.82) is 0 Å². The molecule has 2 aromatic carbocycles. The fourth-order valence-corrected chi connectivity index (χ4v) is 3.15. The Bertz CT molecular complexity index is 1170. The maximum absolute atomic E-state index is 12.6. The van der Waals surface area contributed by atoms with Gasteiger partial charge in [0.05, 0.1) is 15.6 Å². The summed E-state index contributed by atoms with van der Waals surface area (Å²) in [6.07, 6.45) is 1.41. The molecule has 0 radical (unpaired) electrons. The highest BCUT2D eigenvalue weighted by Crippen LogP contribution is 2.33. The first kappa shape index (κ1) is 18.5. The molecule has 1 aliphatic heterocycles. The van der Waals surface area contributed by atoms with Gasteiger partial charge in [-0.1, -0.05) is 29.8 Å². The number of nitrogens with zero attached hydrogens (tertiary/aromatic N) is 2. The Morgan fingerprint density at radius 2 is 1.83 bits per heavy atom. The molecule has 3 aromatic rings. The van der Waals surface area contributed by atoms with Gasteiger partial charge >= 0.3 is 6.03 Å². The van der Waals surface area contributed by atoms with Gasteiger partial charge in [-0.25, -0.2) is 9.69 Å². The van der Waals surface area contributed by atoms with Crippen molar-refractivity contribution in [3.8, 4) is 11.3 Å². The van der Waals surface area contributed by atoms with Gasteiger partial charge in [0, 0.05) is 23.8 Å². The first-order valence-electron chi connectivity index (χ1n) is 8.40. The van der Waals surface area contributed by atoms with Crippen molar-refractivity contribution in [3.05, 3.63) is 87.3 Å². The number of amides is 3. The third-order valence-electron chi connectivity index (χ3n) is 4.23. The molecule has 0 atom stereocenters. The molecule has 144 valence electrons. The van der Waals surface area contributed by atoms with Gasteiger partial charge in [-0.05, 0) is 30.3 Å². The second kappa shape index (κ2) is 7.25. The zero-order valence-corrected chi connectivity index (χ0v) is 15.4. The number of anilines is 1. The first-order chi connectivity index (χ1) is 13.9. The Labute approximate surface area is 169 Å². The van der Waals surface area contributed by atoms with Crippen molar-refractivity contribution in [2.45, 2.75) is 0 Å². The minimum absolute atomic E-state index is 0.0644. The van der Waals surface area contributed by atoms with Gasteiger partial charge in [-0.15, -0.1) is 0 Å². The lowest BCUT2D eigenvalue weighted by Gasteiger charge is -2.10. The number of halogens is 1. The monoisotopic (exact) mass is 409 g/mol. The molecule has 8 nitrogen and oxygen atoms in total. The van der Waals surface area contributed by atoms with Crippen LogP contribution in [0.25, 0.3) is 17.4 Å². The quantitative estimate of drug-likeness (QED) is 0.293. The molecule has 2 heterocycles. The number of imide groups is 1. The maximum atomic E-state index is 12.6. The Morgan fingerprint density at radius 3 is 2.52 bits per heavy atom. The summed E-state index contributed by atoms with van der Waals surface area (Å²) in [6.45, 7) is 0. The summed E-state index contributed by atoms with van der Waals surface area (Å²) in [6, 6.07) is 15.2. The maximum Gasteiger partial charge on any atom is 0.333 e. The number of hydrogen-bond acceptors (Lipinski definition) is 5. The van der Waals surface area contributed by atoms with Crippen molar-refractivity contribution >= 4 is 41.0 Å². The molecule has 1 N–H and O–H groups in total. The average molecular weight is 410 g/mol. The zero-order chi connectivity index (χ0) is 20.5. The highest BCUT2D eigenvalue weighted by atomic mass is 35.5. The van der Waals surface area contributed by atoms with Gasteiger partial charge in [0.25, 0.3) is 11.6 Å². The number of non-ortho nitro benzene ring substituents is 1. The van der Waals surface area contributed by atoms with Gasteiger partial charge in [0.15, 0.2) is 0 Å². The number of carbonyl (C=O) groups excluding carboxylic acids is 2. The highest BCUT2D eigenvalue weighted by Gasteiger charge is 2.35. The van der Waals surface area contributed by atoms with Gasteiger partial charge in [-0.2, -0.15) is 0 Å². The van der Waals surface area contributed by atoms with Crippen LogP contribution in [0.2, 0.25) is 5.02 Å². The molecule has 0 saturated carbocycles. The molecule has 0 aliphatic carbocycles. The summed E-state index contributed by atoms with van der Waals surface area (Å²) in [7, 11) is 0. The van der Waals surface area contributed by atoms with Crippen LogP contribution in [0.3, 0.4) is 0 Å². The van der Waals surface area contributed by atoms with E-state index in [4.69, 9.17) is 16.0 Å². The second-order valence-electron chi connectivity index (χ2n) is 6.09. The van der Waals surface area contributed by atoms with Crippen LogP contribution in [0.15, 0.2) is 70.8 Å². The molecule has 1 saturated heterocycles. The first-order valence-corrected chi connectivity index (χ1v) is 8.78. The molecule has 0 bridgehead atoms. The van der Waals surface area contributed by atoms with E-state index in [2.05, 4.69) is 5.32 Å². The van der Waals surface area contributed by atoms with E-state index in [9.17, 15) is 19.7 Å². The van der Waals surface area contributed by atoms with Crippen LogP contribution in [-0.2, 0) is 4.79 Å². The van der Waals surface area contributed by atoms with Gasteiger partial charge in [0.1, 0.15) is 17.2 Å². The van der Waals surface area contributed by atoms with Crippen LogP contribution < -0.4 is 10.2 Å². The van der Waals surface area contributed by atoms with Gasteiger partial charge < -0.3 is 9.73 Å². The van der Waals surface area contributed by atoms with Crippen LogP contribution in [0, 0.1) is 10.1 Å². The number of hydrogen-bond donors (Lipinski definition) is 1. The Hall–Kier alpha value is -3.91. The minimum Gasteiger partial charge on any atom is -0.457 e. The Morgan fingerprint density at radius 1 is 1.07 bits per heavy atom. The van der Waals surface area contributed by atoms with E-state index in [-0.39, 0.29) is 16.4 Å². The molecular weight excluding hydrogens is 398 g/mol. The number of benzene rings is 2. The minimum atomic E-state index is -0.558. The van der Waals surface area contributed by atoms with Crippen LogP contribution in [0.1, 0.15) is 5.76 Å². The molecule has 0 spiro atoms. The zero-order valence-electron chi connectivity index (χ0n) is 14.7. The second-order valence-corrected chi connectivity index (χ2v) is 6.49. The normalized spacial score (nSPS) is 15.1. The number of nitrogens with one attached hydrogen (secondary N) is 1. The van der Waals surface area contributed by atoms with E-state index in [1.165, 1.54) is 24.3 Å². The van der Waals surface area contributed by atoms with Crippen LogP contribution in [-0.4, -0.2) is 16.9 Å². The van der Waals surface area contributed by atoms with Crippen molar-refractivity contribution in [3.63, 3.8) is 0 Å². The fourth-order valence-electron chi connectivity index (χ4n) is 2.88. The average Bonchev–Trinajstić information content (AvgIpc) is 3.27. The lowest BCUT2D eigenvalue weighted by Crippen LogP contribution is -2.30. The van der Waals surface area contributed by atoms with Crippen LogP contribution in [0.5, 0.6) is 0 Å². The standard InChI is InChI=1S/C20H12ClN3O5/c21-16-10-13(24(27)28)6-8-15(16)18-9-7-14(29-18)11-17-19(25)23(20(26)22-17)12-4-2-1-3-5-12/h1-11H,(H,22,26)/b17-11+. The van der Waals surface area contributed by atoms with E-state index in [1.54, 1.807) is 42.5 Å². The summed E-state index contributed by atoms with van der Waals surface area (Å²) >= 11 is 6.12. The number of nitro benzene ring substituents is 1. The Kier molecular flexibility index (Phi) is 4.61. The van der Waals surface area contributed by atoms with E-state index in [0.29, 0.717) is 22.8 Å². The largest absolute Gasteiger partial charge is 0.457 e. The molecule has 1 aliphatic rings. The van der Waals surface area contributed by atoms with E-state index in [1.807, 2.05) is 0 Å². The molecule has 4 rings (SSSR count). The number of urea groups is 1. The van der Waals surface area contributed by atoms with Crippen molar-refractivity contribution in [2.24, 2.45) is 0 Å². The lowest BCUT2D eigenvalue weighted by atomic mass is 10.1. The molecular formula is C20H12ClN3O5. The van der Waals surface area contributed by atoms with Crippen LogP contribution in [0.4, 0.5) is 16.2 Å². The Balaban J connectivity index is 1.61. The summed E-state index contributed by atoms with van der Waals surface area (Å²) in [4.78, 5) is 36.1. The summed E-state index contributed by atoms with van der Waals surface area (Å²) in [5.74, 6) is 0.175. The lowest BCUT2D eigenvalue weighted by molar-refractivity contribution is -0.384. The molecule has 0 unspecified atom stereocenters. The summed E-state index contributed by atoms with van der Waals surface area (Å²) in [5.41, 5.74) is 0.855. The number of para-hydroxylation sites is 1. The van der Waals surface area contributed by atoms with Gasteiger partial charge in [-0.3, -0.25) is 14.9 Å². The molecule has 9 heteroatoms. The van der Waals surface area contributed by atoms with E-state index in [0.717, 1.165) is 4.90 Å². The molecule has 29 heavy (non-hydrogen) atoms. The molecule has 1 aromatic heterocycles. The van der Waals surface area contributed by atoms with E-state index < -0.39 is 16.9 Å². The third kappa shape index (κ3) is 3.48. The smallest absolute Gasteiger partial charge is 0.333 e. The van der Waals surface area contributed by atoms with Crippen molar-refractivity contribution in [2.75, 3.05) is 4.90 Å². The highest BCUT2D eigenvalue weighted by molar-refractivity contribution is 6.33. The topological polar surface area (TPSA) is 106 Å². The van der Waals surface area contributed by atoms with E-state index >= 15 is 0 Å². The molecule has 3 amide bonds. The summed E-state index contributed by atoms with van der Waals surface area (Å²) in [5, 5.41) is 13.5. The third-order valence-corrected chi connectivity index (χ3v) is 4.55. The number of rotatable bonds is 4. The van der Waals surface area contributed by atoms with Crippen molar-refractivity contribution < 1.29 is 18.9 Å². The molecule has 1 fully saturated rings. The summed E-state index contributed by atoms with van der Waals surface area (Å²) < 4.78 is 5.68. The van der Waals surface area contributed by atoms with Gasteiger partial charge in [0.2, 0.25) is 0 Å². The predicted octanol–water partition coefficient (Wildman–Crippen LogP) is 4.61. The fraction of sp³-hybridized carbons (Fsp3) is 0. The number of carbonyl (C=O) groups is 2. The van der Waals surface area contributed by atoms with Crippen molar-refractivity contribution in [1.82, 2.24) is 5.32 Å². The van der Waals surface area contributed by atoms with Crippen LogP contribution >= 0.6 is 11.6 Å². The predicted molar refractivity (Wildman–Crippen MR) is 106 cm³/mol. The number of furan rings is 1. The SMILES string of the molecule is O=C1N/C(=C/c2ccc(-c3ccc([N+](=O)[O-])cc3Cl)o2)C(=O)N1c1ccccc1.